The van der Waals surface area contributed by atoms with E-state index in [0.717, 1.165) is 10.9 Å². The van der Waals surface area contributed by atoms with E-state index in [2.05, 4.69) is 21.8 Å². The molecule has 2 heterocycles. The van der Waals surface area contributed by atoms with E-state index in [0.29, 0.717) is 45.0 Å². The first-order valence-corrected chi connectivity index (χ1v) is 8.14. The minimum Gasteiger partial charge on any atom is -0.352 e. The number of aromatic amines is 1. The number of piperazine rings is 1. The van der Waals surface area contributed by atoms with Crippen molar-refractivity contribution in [1.82, 2.24) is 20.1 Å². The van der Waals surface area contributed by atoms with E-state index in [-0.39, 0.29) is 11.8 Å². The van der Waals surface area contributed by atoms with Gasteiger partial charge in [0, 0.05) is 43.6 Å². The van der Waals surface area contributed by atoms with Gasteiger partial charge in [-0.2, -0.15) is 0 Å². The Bertz CT molecular complexity index is 711. The number of nitrogens with one attached hydrogen (secondary N) is 2. The van der Waals surface area contributed by atoms with Gasteiger partial charge in [0.15, 0.2) is 0 Å². The average Bonchev–Trinajstić information content (AvgIpc) is 3.04. The van der Waals surface area contributed by atoms with E-state index in [1.807, 2.05) is 35.2 Å². The van der Waals surface area contributed by atoms with Gasteiger partial charge < -0.3 is 15.2 Å². The highest BCUT2D eigenvalue weighted by Gasteiger charge is 2.24. The summed E-state index contributed by atoms with van der Waals surface area (Å²) in [6.45, 7) is 7.08. The Morgan fingerprint density at radius 3 is 2.67 bits per heavy atom. The summed E-state index contributed by atoms with van der Waals surface area (Å²) in [5, 5.41) is 3.81. The molecule has 0 radical (unpaired) electrons. The molecule has 1 aromatic heterocycles. The van der Waals surface area contributed by atoms with Crippen LogP contribution in [0.25, 0.3) is 10.9 Å². The maximum atomic E-state index is 12.6. The number of nitrogens with zero attached hydrogens (tertiary/aromatic N) is 2. The number of benzene rings is 1. The molecule has 24 heavy (non-hydrogen) atoms. The minimum absolute atomic E-state index is 0.00899. The van der Waals surface area contributed by atoms with Gasteiger partial charge in [0.1, 0.15) is 5.69 Å². The topological polar surface area (TPSA) is 68.4 Å². The number of carbonyl (C=O) groups is 2. The number of fused-ring (bicyclic) bond motifs is 1. The fraction of sp³-hybridized carbons (Fsp3) is 0.333. The van der Waals surface area contributed by atoms with Gasteiger partial charge in [-0.1, -0.05) is 24.3 Å². The summed E-state index contributed by atoms with van der Waals surface area (Å²) in [4.78, 5) is 31.4. The quantitative estimate of drug-likeness (QED) is 0.812. The summed E-state index contributed by atoms with van der Waals surface area (Å²) < 4.78 is 0. The molecule has 2 amide bonds. The van der Waals surface area contributed by atoms with Crippen LogP contribution in [0.5, 0.6) is 0 Å². The fourth-order valence-corrected chi connectivity index (χ4v) is 2.91. The Morgan fingerprint density at radius 1 is 1.21 bits per heavy atom. The lowest BCUT2D eigenvalue weighted by Gasteiger charge is -2.34. The van der Waals surface area contributed by atoms with Gasteiger partial charge in [0.05, 0.1) is 6.54 Å². The van der Waals surface area contributed by atoms with Crippen LogP contribution in [0.2, 0.25) is 0 Å². The van der Waals surface area contributed by atoms with Crippen molar-refractivity contribution in [2.24, 2.45) is 0 Å². The monoisotopic (exact) mass is 326 g/mol. The number of rotatable bonds is 5. The maximum absolute atomic E-state index is 12.6. The number of carbonyl (C=O) groups excluding carboxylic acids is 2. The van der Waals surface area contributed by atoms with Crippen LogP contribution in [0.4, 0.5) is 0 Å². The molecule has 0 saturated carbocycles. The van der Waals surface area contributed by atoms with E-state index in [4.69, 9.17) is 0 Å². The molecule has 0 atom stereocenters. The van der Waals surface area contributed by atoms with Crippen LogP contribution >= 0.6 is 0 Å². The predicted octanol–water partition coefficient (Wildman–Crippen LogP) is 1.23. The molecule has 0 bridgehead atoms. The van der Waals surface area contributed by atoms with Gasteiger partial charge in [-0.05, 0) is 12.1 Å². The lowest BCUT2D eigenvalue weighted by Crippen LogP contribution is -2.51. The zero-order chi connectivity index (χ0) is 16.9. The standard InChI is InChI=1S/C18H22N4O2/c1-2-7-19-17(23)13-21-8-10-22(11-9-21)18(24)16-12-14-5-3-4-6-15(14)20-16/h2-6,12,20H,1,7-11,13H2,(H,19,23). The normalized spacial score (nSPS) is 15.4. The van der Waals surface area contributed by atoms with Crippen LogP contribution in [0.3, 0.4) is 0 Å². The van der Waals surface area contributed by atoms with Crippen LogP contribution < -0.4 is 5.32 Å². The third-order valence-corrected chi connectivity index (χ3v) is 4.23. The lowest BCUT2D eigenvalue weighted by molar-refractivity contribution is -0.122. The van der Waals surface area contributed by atoms with Crippen LogP contribution in [0.1, 0.15) is 10.5 Å². The Balaban J connectivity index is 1.55. The number of amides is 2. The van der Waals surface area contributed by atoms with E-state index in [9.17, 15) is 9.59 Å². The van der Waals surface area contributed by atoms with E-state index >= 15 is 0 Å². The Hall–Kier alpha value is -2.60. The smallest absolute Gasteiger partial charge is 0.270 e. The zero-order valence-electron chi connectivity index (χ0n) is 13.6. The molecule has 1 aliphatic rings. The van der Waals surface area contributed by atoms with Crippen LogP contribution in [-0.4, -0.2) is 65.9 Å². The highest BCUT2D eigenvalue weighted by molar-refractivity contribution is 5.98. The second kappa shape index (κ2) is 7.31. The van der Waals surface area contributed by atoms with E-state index in [1.54, 1.807) is 6.08 Å². The second-order valence-corrected chi connectivity index (χ2v) is 5.93. The van der Waals surface area contributed by atoms with E-state index < -0.39 is 0 Å². The van der Waals surface area contributed by atoms with Crippen molar-refractivity contribution >= 4 is 22.7 Å². The molecule has 2 N–H and O–H groups in total. The van der Waals surface area contributed by atoms with Crippen LogP contribution in [0.15, 0.2) is 43.0 Å². The highest BCUT2D eigenvalue weighted by Crippen LogP contribution is 2.16. The zero-order valence-corrected chi connectivity index (χ0v) is 13.6. The van der Waals surface area contributed by atoms with Crippen molar-refractivity contribution in [3.8, 4) is 0 Å². The Labute approximate surface area is 141 Å². The first kappa shape index (κ1) is 16.3. The minimum atomic E-state index is -0.00899. The highest BCUT2D eigenvalue weighted by atomic mass is 16.2. The SMILES string of the molecule is C=CCNC(=O)CN1CCN(C(=O)c2cc3ccccc3[nH]2)CC1. The molecule has 0 aliphatic carbocycles. The molecule has 6 heteroatoms. The van der Waals surface area contributed by atoms with Gasteiger partial charge in [0.25, 0.3) is 5.91 Å². The fourth-order valence-electron chi connectivity index (χ4n) is 2.91. The first-order valence-electron chi connectivity index (χ1n) is 8.14. The molecule has 0 spiro atoms. The van der Waals surface area contributed by atoms with Crippen molar-refractivity contribution in [2.75, 3.05) is 39.3 Å². The molecule has 1 fully saturated rings. The number of para-hydroxylation sites is 1. The number of aromatic nitrogens is 1. The summed E-state index contributed by atoms with van der Waals surface area (Å²) in [6.07, 6.45) is 1.66. The summed E-state index contributed by atoms with van der Waals surface area (Å²) in [5.74, 6) is 0.00672. The van der Waals surface area contributed by atoms with Crippen molar-refractivity contribution < 1.29 is 9.59 Å². The largest absolute Gasteiger partial charge is 0.352 e. The molecule has 0 unspecified atom stereocenters. The molecule has 1 aromatic carbocycles. The molecular weight excluding hydrogens is 304 g/mol. The molecule has 6 nitrogen and oxygen atoms in total. The van der Waals surface area contributed by atoms with Crippen LogP contribution in [-0.2, 0) is 4.79 Å². The third-order valence-electron chi connectivity index (χ3n) is 4.23. The van der Waals surface area contributed by atoms with Gasteiger partial charge in [-0.3, -0.25) is 14.5 Å². The van der Waals surface area contributed by atoms with E-state index in [1.165, 1.54) is 0 Å². The average molecular weight is 326 g/mol. The predicted molar refractivity (Wildman–Crippen MR) is 93.8 cm³/mol. The van der Waals surface area contributed by atoms with Crippen molar-refractivity contribution in [1.29, 1.82) is 0 Å². The van der Waals surface area contributed by atoms with Crippen LogP contribution in [0, 0.1) is 0 Å². The first-order chi connectivity index (χ1) is 11.7. The Kier molecular flexibility index (Phi) is 4.96. The molecular formula is C18H22N4O2. The summed E-state index contributed by atoms with van der Waals surface area (Å²) in [7, 11) is 0. The van der Waals surface area contributed by atoms with Crippen molar-refractivity contribution in [3.63, 3.8) is 0 Å². The summed E-state index contributed by atoms with van der Waals surface area (Å²) >= 11 is 0. The number of hydrogen-bond acceptors (Lipinski definition) is 3. The van der Waals surface area contributed by atoms with Gasteiger partial charge >= 0.3 is 0 Å². The molecule has 3 rings (SSSR count). The van der Waals surface area contributed by atoms with Crippen molar-refractivity contribution in [2.45, 2.75) is 0 Å². The van der Waals surface area contributed by atoms with Gasteiger partial charge in [-0.15, -0.1) is 6.58 Å². The molecule has 1 aliphatic heterocycles. The summed E-state index contributed by atoms with van der Waals surface area (Å²) in [5.41, 5.74) is 1.59. The number of hydrogen-bond donors (Lipinski definition) is 2. The Morgan fingerprint density at radius 2 is 1.96 bits per heavy atom. The second-order valence-electron chi connectivity index (χ2n) is 5.93. The number of H-pyrrole nitrogens is 1. The van der Waals surface area contributed by atoms with Gasteiger partial charge in [0.2, 0.25) is 5.91 Å². The van der Waals surface area contributed by atoms with Gasteiger partial charge in [-0.25, -0.2) is 0 Å². The maximum Gasteiger partial charge on any atom is 0.270 e. The van der Waals surface area contributed by atoms with Crippen molar-refractivity contribution in [3.05, 3.63) is 48.7 Å². The molecule has 126 valence electrons. The lowest BCUT2D eigenvalue weighted by atomic mass is 10.2. The molecule has 1 saturated heterocycles. The third kappa shape index (κ3) is 3.65. The summed E-state index contributed by atoms with van der Waals surface area (Å²) in [6, 6.07) is 9.75. The molecule has 2 aromatic rings.